The molecular formula is C37H73NO6S. The van der Waals surface area contributed by atoms with Gasteiger partial charge in [-0.2, -0.15) is 8.42 Å². The first-order valence-electron chi connectivity index (χ1n) is 19.0. The number of carbonyl (C=O) groups is 1. The van der Waals surface area contributed by atoms with Crippen LogP contribution in [0, 0.1) is 0 Å². The number of nitrogens with one attached hydrogen (secondary N) is 1. The highest BCUT2D eigenvalue weighted by atomic mass is 32.2. The number of hydrogen-bond donors (Lipinski definition) is 4. The van der Waals surface area contributed by atoms with E-state index in [0.29, 0.717) is 25.7 Å². The fraction of sp³-hybridized carbons (Fsp3) is 0.919. The molecule has 0 saturated heterocycles. The molecule has 0 aromatic carbocycles. The van der Waals surface area contributed by atoms with Crippen molar-refractivity contribution < 1.29 is 28.0 Å². The number of rotatable bonds is 34. The molecule has 4 N–H and O–H groups in total. The lowest BCUT2D eigenvalue weighted by Crippen LogP contribution is -2.50. The maximum Gasteiger partial charge on any atom is 0.266 e. The first-order valence-corrected chi connectivity index (χ1v) is 20.6. The van der Waals surface area contributed by atoms with Gasteiger partial charge >= 0.3 is 0 Å². The zero-order valence-electron chi connectivity index (χ0n) is 29.4. The molecule has 8 heteroatoms. The third-order valence-electron chi connectivity index (χ3n) is 8.83. The van der Waals surface area contributed by atoms with Gasteiger partial charge < -0.3 is 15.5 Å². The van der Waals surface area contributed by atoms with E-state index < -0.39 is 40.0 Å². The van der Waals surface area contributed by atoms with Gasteiger partial charge in [-0.05, 0) is 38.5 Å². The highest BCUT2D eigenvalue weighted by Crippen LogP contribution is 2.15. The van der Waals surface area contributed by atoms with Crippen LogP contribution in [0.15, 0.2) is 12.2 Å². The lowest BCUT2D eigenvalue weighted by Gasteiger charge is -2.24. The van der Waals surface area contributed by atoms with Gasteiger partial charge in [-0.25, -0.2) is 0 Å². The summed E-state index contributed by atoms with van der Waals surface area (Å²) >= 11 is 0. The van der Waals surface area contributed by atoms with E-state index in [1.54, 1.807) is 0 Å². The standard InChI is InChI=1S/C37H73NO6S/c1-3-5-7-9-11-12-13-14-15-16-17-18-19-20-21-22-23-24-26-28-30-32-36(40)37(41)38-34(33-45(42,43)44)35(39)31-29-27-25-10-8-6-4-2/h19-20,34-36,39-40H,3-18,21-33H2,1-2H3,(H,38,41)(H,42,43,44)/b20-19-. The average molecular weight is 660 g/mol. The Bertz CT molecular complexity index is 788. The van der Waals surface area contributed by atoms with Crippen LogP contribution in [0.1, 0.15) is 194 Å². The van der Waals surface area contributed by atoms with Gasteiger partial charge in [0.1, 0.15) is 6.10 Å². The summed E-state index contributed by atoms with van der Waals surface area (Å²) in [5.41, 5.74) is 0. The van der Waals surface area contributed by atoms with Crippen LogP contribution in [-0.4, -0.2) is 53.1 Å². The lowest BCUT2D eigenvalue weighted by molar-refractivity contribution is -0.131. The predicted molar refractivity (Wildman–Crippen MR) is 190 cm³/mol. The molecule has 268 valence electrons. The van der Waals surface area contributed by atoms with Gasteiger partial charge in [-0.15, -0.1) is 0 Å². The van der Waals surface area contributed by atoms with Crippen molar-refractivity contribution in [2.75, 3.05) is 5.75 Å². The zero-order chi connectivity index (χ0) is 33.4. The Morgan fingerprint density at radius 2 is 0.933 bits per heavy atom. The van der Waals surface area contributed by atoms with Crippen molar-refractivity contribution in [3.05, 3.63) is 12.2 Å². The van der Waals surface area contributed by atoms with Crippen LogP contribution in [0.5, 0.6) is 0 Å². The molecule has 0 rings (SSSR count). The van der Waals surface area contributed by atoms with Gasteiger partial charge in [0, 0.05) is 0 Å². The van der Waals surface area contributed by atoms with Gasteiger partial charge in [0.15, 0.2) is 0 Å². The summed E-state index contributed by atoms with van der Waals surface area (Å²) in [4.78, 5) is 12.5. The first kappa shape index (κ1) is 44.0. The van der Waals surface area contributed by atoms with Crippen molar-refractivity contribution in [3.8, 4) is 0 Å². The second-order valence-corrected chi connectivity index (χ2v) is 14.8. The largest absolute Gasteiger partial charge is 0.391 e. The lowest BCUT2D eigenvalue weighted by atomic mass is 10.0. The third-order valence-corrected chi connectivity index (χ3v) is 9.61. The number of unbranched alkanes of at least 4 members (excludes halogenated alkanes) is 23. The van der Waals surface area contributed by atoms with Gasteiger partial charge in [-0.3, -0.25) is 9.35 Å². The van der Waals surface area contributed by atoms with E-state index in [4.69, 9.17) is 0 Å². The molecule has 45 heavy (non-hydrogen) atoms. The molecule has 0 aliphatic rings. The van der Waals surface area contributed by atoms with Crippen LogP contribution in [0.25, 0.3) is 0 Å². The van der Waals surface area contributed by atoms with Crippen LogP contribution in [0.4, 0.5) is 0 Å². The van der Waals surface area contributed by atoms with Crippen molar-refractivity contribution >= 4 is 16.0 Å². The van der Waals surface area contributed by atoms with E-state index in [0.717, 1.165) is 44.9 Å². The summed E-state index contributed by atoms with van der Waals surface area (Å²) < 4.78 is 32.3. The summed E-state index contributed by atoms with van der Waals surface area (Å²) in [6.45, 7) is 4.44. The SMILES string of the molecule is CCCCCCCCCCCCC/C=C\CCCCCCCCC(O)C(=O)NC(CS(=O)(=O)O)C(O)CCCCCCCCC. The summed E-state index contributed by atoms with van der Waals surface area (Å²) in [5, 5.41) is 23.3. The highest BCUT2D eigenvalue weighted by Gasteiger charge is 2.28. The summed E-state index contributed by atoms with van der Waals surface area (Å²) in [5.74, 6) is -1.46. The van der Waals surface area contributed by atoms with Crippen molar-refractivity contribution in [1.29, 1.82) is 0 Å². The fourth-order valence-electron chi connectivity index (χ4n) is 5.87. The van der Waals surface area contributed by atoms with Crippen molar-refractivity contribution in [2.24, 2.45) is 0 Å². The molecule has 0 aliphatic heterocycles. The van der Waals surface area contributed by atoms with E-state index in [1.165, 1.54) is 109 Å². The van der Waals surface area contributed by atoms with E-state index in [2.05, 4.69) is 31.3 Å². The molecule has 3 atom stereocenters. The van der Waals surface area contributed by atoms with Crippen molar-refractivity contribution in [3.63, 3.8) is 0 Å². The maximum absolute atomic E-state index is 12.5. The summed E-state index contributed by atoms with van der Waals surface area (Å²) in [6, 6.07) is -1.14. The Kier molecular flexibility index (Phi) is 31.0. The van der Waals surface area contributed by atoms with Crippen molar-refractivity contribution in [2.45, 2.75) is 212 Å². The molecule has 7 nitrogen and oxygen atoms in total. The maximum atomic E-state index is 12.5. The van der Waals surface area contributed by atoms with E-state index in [1.807, 2.05) is 0 Å². The van der Waals surface area contributed by atoms with E-state index in [-0.39, 0.29) is 0 Å². The Balaban J connectivity index is 3.87. The number of allylic oxidation sites excluding steroid dienone is 2. The molecule has 0 saturated carbocycles. The number of aliphatic hydroxyl groups excluding tert-OH is 2. The molecule has 1 amide bonds. The minimum atomic E-state index is -4.39. The van der Waals surface area contributed by atoms with Crippen LogP contribution >= 0.6 is 0 Å². The van der Waals surface area contributed by atoms with Gasteiger partial charge in [-0.1, -0.05) is 167 Å². The molecule has 3 unspecified atom stereocenters. The second-order valence-electron chi connectivity index (χ2n) is 13.4. The Morgan fingerprint density at radius 1 is 0.578 bits per heavy atom. The fourth-order valence-corrected chi connectivity index (χ4v) is 6.63. The predicted octanol–water partition coefficient (Wildman–Crippen LogP) is 9.60. The van der Waals surface area contributed by atoms with Crippen LogP contribution in [-0.2, 0) is 14.9 Å². The zero-order valence-corrected chi connectivity index (χ0v) is 30.2. The first-order chi connectivity index (χ1) is 21.7. The second kappa shape index (κ2) is 31.6. The third kappa shape index (κ3) is 31.4. The number of aliphatic hydroxyl groups is 2. The molecule has 0 spiro atoms. The number of carbonyl (C=O) groups excluding carboxylic acids is 1. The monoisotopic (exact) mass is 660 g/mol. The smallest absolute Gasteiger partial charge is 0.266 e. The number of amides is 1. The minimum absolute atomic E-state index is 0.292. The molecule has 0 bridgehead atoms. The molecule has 0 heterocycles. The Hall–Kier alpha value is -0.960. The highest BCUT2D eigenvalue weighted by molar-refractivity contribution is 7.85. The molecular weight excluding hydrogens is 586 g/mol. The molecule has 0 aliphatic carbocycles. The number of hydrogen-bond acceptors (Lipinski definition) is 5. The van der Waals surface area contributed by atoms with Crippen LogP contribution in [0.2, 0.25) is 0 Å². The topological polar surface area (TPSA) is 124 Å². The minimum Gasteiger partial charge on any atom is -0.391 e. The van der Waals surface area contributed by atoms with Gasteiger partial charge in [0.2, 0.25) is 5.91 Å². The van der Waals surface area contributed by atoms with E-state index >= 15 is 0 Å². The van der Waals surface area contributed by atoms with Gasteiger partial charge in [0.25, 0.3) is 10.1 Å². The Labute approximate surface area is 278 Å². The van der Waals surface area contributed by atoms with E-state index in [9.17, 15) is 28.0 Å². The average Bonchev–Trinajstić information content (AvgIpc) is 3.00. The molecule has 0 aromatic heterocycles. The summed E-state index contributed by atoms with van der Waals surface area (Å²) in [6.07, 6.45) is 34.1. The van der Waals surface area contributed by atoms with Crippen molar-refractivity contribution in [1.82, 2.24) is 5.32 Å². The van der Waals surface area contributed by atoms with Crippen LogP contribution < -0.4 is 5.32 Å². The summed E-state index contributed by atoms with van der Waals surface area (Å²) in [7, 11) is -4.39. The van der Waals surface area contributed by atoms with Gasteiger partial charge in [0.05, 0.1) is 17.9 Å². The quantitative estimate of drug-likeness (QED) is 0.0310. The molecule has 0 fully saturated rings. The molecule has 0 aromatic rings. The van der Waals surface area contributed by atoms with Crippen LogP contribution in [0.3, 0.4) is 0 Å². The Morgan fingerprint density at radius 3 is 1.33 bits per heavy atom. The molecule has 0 radical (unpaired) electrons. The normalized spacial score (nSPS) is 14.2.